The topological polar surface area (TPSA) is 65.4 Å². The Kier molecular flexibility index (Phi) is 5.25. The van der Waals surface area contributed by atoms with Crippen LogP contribution < -0.4 is 14.8 Å². The van der Waals surface area contributed by atoms with E-state index in [1.54, 1.807) is 14.2 Å². The Hall–Kier alpha value is -3.28. The average molecular weight is 391 g/mol. The summed E-state index contributed by atoms with van der Waals surface area (Å²) in [6.45, 7) is 2.42. The van der Waals surface area contributed by atoms with Crippen LogP contribution in [0.3, 0.4) is 0 Å². The number of rotatable bonds is 6. The molecule has 4 rings (SSSR count). The highest BCUT2D eigenvalue weighted by atomic mass is 16.5. The van der Waals surface area contributed by atoms with Crippen LogP contribution in [-0.4, -0.2) is 29.9 Å². The summed E-state index contributed by atoms with van der Waals surface area (Å²) in [4.78, 5) is 13.0. The van der Waals surface area contributed by atoms with Crippen molar-refractivity contribution in [1.29, 1.82) is 0 Å². The van der Waals surface area contributed by atoms with Crippen molar-refractivity contribution in [2.75, 3.05) is 14.2 Å². The molecule has 1 heterocycles. The van der Waals surface area contributed by atoms with E-state index in [0.717, 1.165) is 47.3 Å². The van der Waals surface area contributed by atoms with E-state index >= 15 is 0 Å². The quantitative estimate of drug-likeness (QED) is 0.697. The number of hydrogen-bond acceptors (Lipinski definition) is 4. The zero-order chi connectivity index (χ0) is 20.4. The molecule has 0 atom stereocenters. The fourth-order valence-electron chi connectivity index (χ4n) is 3.88. The first kappa shape index (κ1) is 19.1. The molecule has 0 radical (unpaired) electrons. The Bertz CT molecular complexity index is 1060. The molecule has 29 heavy (non-hydrogen) atoms. The van der Waals surface area contributed by atoms with Crippen molar-refractivity contribution < 1.29 is 14.3 Å². The van der Waals surface area contributed by atoms with Crippen molar-refractivity contribution in [1.82, 2.24) is 15.1 Å². The van der Waals surface area contributed by atoms with Gasteiger partial charge in [0.2, 0.25) is 0 Å². The largest absolute Gasteiger partial charge is 0.497 e. The molecule has 0 bridgehead atoms. The lowest BCUT2D eigenvalue weighted by molar-refractivity contribution is 0.0944. The molecule has 0 aliphatic heterocycles. The van der Waals surface area contributed by atoms with Crippen LogP contribution in [0.25, 0.3) is 5.69 Å². The van der Waals surface area contributed by atoms with Gasteiger partial charge in [-0.05, 0) is 49.9 Å². The predicted molar refractivity (Wildman–Crippen MR) is 111 cm³/mol. The van der Waals surface area contributed by atoms with Crippen LogP contribution in [-0.2, 0) is 19.4 Å². The number of amides is 1. The summed E-state index contributed by atoms with van der Waals surface area (Å²) in [5.74, 6) is 1.24. The molecule has 0 unspecified atom stereocenters. The van der Waals surface area contributed by atoms with Gasteiger partial charge in [0.15, 0.2) is 5.69 Å². The summed E-state index contributed by atoms with van der Waals surface area (Å²) >= 11 is 0. The van der Waals surface area contributed by atoms with E-state index in [9.17, 15) is 4.79 Å². The summed E-state index contributed by atoms with van der Waals surface area (Å²) < 4.78 is 12.6. The molecule has 1 aromatic heterocycles. The van der Waals surface area contributed by atoms with Crippen molar-refractivity contribution in [2.24, 2.45) is 0 Å². The Balaban J connectivity index is 1.59. The van der Waals surface area contributed by atoms with Crippen LogP contribution in [0.4, 0.5) is 0 Å². The molecule has 1 aliphatic rings. The third kappa shape index (κ3) is 3.58. The molecule has 1 aliphatic carbocycles. The van der Waals surface area contributed by atoms with Gasteiger partial charge in [-0.15, -0.1) is 0 Å². The van der Waals surface area contributed by atoms with Crippen LogP contribution in [0.2, 0.25) is 0 Å². The SMILES string of the molecule is COc1ccc(CNC(=O)c2nn(-c3ccccc3C)c3c2CCC3)c(OC)c1. The van der Waals surface area contributed by atoms with Gasteiger partial charge in [-0.3, -0.25) is 4.79 Å². The van der Waals surface area contributed by atoms with E-state index in [2.05, 4.69) is 18.3 Å². The van der Waals surface area contributed by atoms with Crippen LogP contribution in [0, 0.1) is 6.92 Å². The number of hydrogen-bond donors (Lipinski definition) is 1. The third-order valence-electron chi connectivity index (χ3n) is 5.42. The second-order valence-electron chi connectivity index (χ2n) is 7.19. The van der Waals surface area contributed by atoms with Gasteiger partial charge >= 0.3 is 0 Å². The van der Waals surface area contributed by atoms with Crippen LogP contribution in [0.5, 0.6) is 11.5 Å². The summed E-state index contributed by atoms with van der Waals surface area (Å²) in [7, 11) is 3.22. The summed E-state index contributed by atoms with van der Waals surface area (Å²) in [5.41, 5.74) is 5.78. The summed E-state index contributed by atoms with van der Waals surface area (Å²) in [5, 5.41) is 7.70. The third-order valence-corrected chi connectivity index (χ3v) is 5.42. The standard InChI is InChI=1S/C23H25N3O3/c1-15-7-4-5-9-19(15)26-20-10-6-8-18(20)22(25-26)23(27)24-14-16-11-12-17(28-2)13-21(16)29-3/h4-5,7,9,11-13H,6,8,10,14H2,1-3H3,(H,24,27). The van der Waals surface area contributed by atoms with Crippen molar-refractivity contribution in [2.45, 2.75) is 32.7 Å². The zero-order valence-electron chi connectivity index (χ0n) is 17.0. The van der Waals surface area contributed by atoms with Gasteiger partial charge in [0.25, 0.3) is 5.91 Å². The maximum atomic E-state index is 13.0. The maximum absolute atomic E-state index is 13.0. The fourth-order valence-corrected chi connectivity index (χ4v) is 3.88. The number of methoxy groups -OCH3 is 2. The van der Waals surface area contributed by atoms with E-state index in [4.69, 9.17) is 14.6 Å². The second kappa shape index (κ2) is 7.99. The van der Waals surface area contributed by atoms with Crippen molar-refractivity contribution in [3.63, 3.8) is 0 Å². The molecule has 6 heteroatoms. The van der Waals surface area contributed by atoms with E-state index < -0.39 is 0 Å². The minimum Gasteiger partial charge on any atom is -0.497 e. The minimum atomic E-state index is -0.159. The molecular weight excluding hydrogens is 366 g/mol. The maximum Gasteiger partial charge on any atom is 0.272 e. The van der Waals surface area contributed by atoms with Gasteiger partial charge in [0.1, 0.15) is 11.5 Å². The summed E-state index contributed by atoms with van der Waals surface area (Å²) in [6, 6.07) is 13.7. The number of benzene rings is 2. The van der Waals surface area contributed by atoms with Gasteiger partial charge in [-0.25, -0.2) is 4.68 Å². The van der Waals surface area contributed by atoms with Gasteiger partial charge < -0.3 is 14.8 Å². The van der Waals surface area contributed by atoms with Gasteiger partial charge in [-0.1, -0.05) is 18.2 Å². The van der Waals surface area contributed by atoms with Crippen LogP contribution in [0.15, 0.2) is 42.5 Å². The Labute approximate surface area is 170 Å². The highest BCUT2D eigenvalue weighted by Gasteiger charge is 2.27. The minimum absolute atomic E-state index is 0.159. The molecule has 2 aromatic carbocycles. The number of carbonyl (C=O) groups excluding carboxylic acids is 1. The first-order chi connectivity index (χ1) is 14.1. The number of para-hydroxylation sites is 1. The predicted octanol–water partition coefficient (Wildman–Crippen LogP) is 3.62. The zero-order valence-corrected chi connectivity index (χ0v) is 17.0. The monoisotopic (exact) mass is 391 g/mol. The van der Waals surface area contributed by atoms with E-state index in [1.165, 1.54) is 0 Å². The van der Waals surface area contributed by atoms with Gasteiger partial charge in [-0.2, -0.15) is 5.10 Å². The molecule has 1 amide bonds. The number of aromatic nitrogens is 2. The van der Waals surface area contributed by atoms with Crippen molar-refractivity contribution in [3.8, 4) is 17.2 Å². The second-order valence-corrected chi connectivity index (χ2v) is 7.19. The molecule has 1 N–H and O–H groups in total. The smallest absolute Gasteiger partial charge is 0.272 e. The molecule has 6 nitrogen and oxygen atoms in total. The molecule has 3 aromatic rings. The van der Waals surface area contributed by atoms with Crippen LogP contribution >= 0.6 is 0 Å². The van der Waals surface area contributed by atoms with Crippen molar-refractivity contribution >= 4 is 5.91 Å². The number of nitrogens with one attached hydrogen (secondary N) is 1. The summed E-state index contributed by atoms with van der Waals surface area (Å²) in [6.07, 6.45) is 2.87. The average Bonchev–Trinajstić information content (AvgIpc) is 3.35. The molecule has 0 spiro atoms. The van der Waals surface area contributed by atoms with Gasteiger partial charge in [0.05, 0.1) is 19.9 Å². The van der Waals surface area contributed by atoms with Crippen LogP contribution in [0.1, 0.15) is 39.3 Å². The number of aryl methyl sites for hydroxylation is 1. The fraction of sp³-hybridized carbons (Fsp3) is 0.304. The number of nitrogens with zero attached hydrogens (tertiary/aromatic N) is 2. The Morgan fingerprint density at radius 2 is 1.97 bits per heavy atom. The van der Waals surface area contributed by atoms with E-state index in [-0.39, 0.29) is 5.91 Å². The lowest BCUT2D eigenvalue weighted by atomic mass is 10.1. The molecule has 0 saturated carbocycles. The molecule has 0 saturated heterocycles. The molecular formula is C23H25N3O3. The number of ether oxygens (including phenoxy) is 2. The highest BCUT2D eigenvalue weighted by Crippen LogP contribution is 2.29. The molecule has 150 valence electrons. The lowest BCUT2D eigenvalue weighted by Crippen LogP contribution is -2.24. The highest BCUT2D eigenvalue weighted by molar-refractivity contribution is 5.94. The lowest BCUT2D eigenvalue weighted by Gasteiger charge is -2.11. The Morgan fingerprint density at radius 3 is 2.72 bits per heavy atom. The first-order valence-electron chi connectivity index (χ1n) is 9.78. The van der Waals surface area contributed by atoms with E-state index in [0.29, 0.717) is 23.7 Å². The normalized spacial score (nSPS) is 12.5. The number of fused-ring (bicyclic) bond motifs is 1. The van der Waals surface area contributed by atoms with E-state index in [1.807, 2.05) is 41.1 Å². The molecule has 0 fully saturated rings. The number of carbonyl (C=O) groups is 1. The first-order valence-corrected chi connectivity index (χ1v) is 9.78. The van der Waals surface area contributed by atoms with Gasteiger partial charge in [0, 0.05) is 29.4 Å². The van der Waals surface area contributed by atoms with Crippen molar-refractivity contribution in [3.05, 3.63) is 70.5 Å². The Morgan fingerprint density at radius 1 is 1.14 bits per heavy atom.